The highest BCUT2D eigenvalue weighted by Crippen LogP contribution is 2.19. The van der Waals surface area contributed by atoms with Crippen molar-refractivity contribution in [3.8, 4) is 0 Å². The van der Waals surface area contributed by atoms with Crippen LogP contribution in [0.5, 0.6) is 0 Å². The summed E-state index contributed by atoms with van der Waals surface area (Å²) < 4.78 is 26.6. The van der Waals surface area contributed by atoms with Crippen molar-refractivity contribution in [1.82, 2.24) is 4.72 Å². The van der Waals surface area contributed by atoms with E-state index in [4.69, 9.17) is 0 Å². The summed E-state index contributed by atoms with van der Waals surface area (Å²) in [6, 6.07) is 6.87. The summed E-state index contributed by atoms with van der Waals surface area (Å²) in [5.74, 6) is 0.955. The number of hydrogen-bond donors (Lipinski definition) is 2. The van der Waals surface area contributed by atoms with Crippen LogP contribution in [0.15, 0.2) is 29.2 Å². The Morgan fingerprint density at radius 3 is 2.65 bits per heavy atom. The Kier molecular flexibility index (Phi) is 5.80. The summed E-state index contributed by atoms with van der Waals surface area (Å²) >= 11 is 1.71. The molecule has 1 rings (SSSR count). The van der Waals surface area contributed by atoms with Crippen LogP contribution in [0.2, 0.25) is 0 Å². The third-order valence-corrected chi connectivity index (χ3v) is 4.48. The lowest BCUT2D eigenvalue weighted by atomic mass is 10.3. The molecular formula is C11H18N2O2S2. The van der Waals surface area contributed by atoms with Gasteiger partial charge in [0.05, 0.1) is 5.69 Å². The number of anilines is 1. The second-order valence-corrected chi connectivity index (χ2v) is 6.21. The zero-order valence-electron chi connectivity index (χ0n) is 10.1. The van der Waals surface area contributed by atoms with Crippen LogP contribution in [0.25, 0.3) is 0 Å². The number of thioether (sulfide) groups is 1. The molecule has 0 saturated heterocycles. The standard InChI is InChI=1S/C11H18N2O2S2/c1-12-10-6-3-4-7-11(10)17(14,15)13-8-5-9-16-2/h3-4,6-7,12-13H,5,8-9H2,1-2H3. The monoisotopic (exact) mass is 274 g/mol. The number of benzene rings is 1. The van der Waals surface area contributed by atoms with Gasteiger partial charge >= 0.3 is 0 Å². The molecule has 0 unspecified atom stereocenters. The van der Waals surface area contributed by atoms with Crippen molar-refractivity contribution >= 4 is 27.5 Å². The minimum Gasteiger partial charge on any atom is -0.387 e. The van der Waals surface area contributed by atoms with Crippen LogP contribution in [0.4, 0.5) is 5.69 Å². The van der Waals surface area contributed by atoms with Crippen LogP contribution >= 0.6 is 11.8 Å². The molecule has 96 valence electrons. The molecule has 0 amide bonds. The summed E-state index contributed by atoms with van der Waals surface area (Å²) in [5, 5.41) is 2.88. The van der Waals surface area contributed by atoms with Gasteiger partial charge < -0.3 is 5.32 Å². The van der Waals surface area contributed by atoms with Gasteiger partial charge in [-0.3, -0.25) is 0 Å². The number of hydrogen-bond acceptors (Lipinski definition) is 4. The third-order valence-electron chi connectivity index (χ3n) is 2.26. The molecule has 4 nitrogen and oxygen atoms in total. The van der Waals surface area contributed by atoms with Crippen molar-refractivity contribution in [2.24, 2.45) is 0 Å². The molecule has 0 bridgehead atoms. The molecule has 0 spiro atoms. The van der Waals surface area contributed by atoms with Crippen molar-refractivity contribution in [2.75, 3.05) is 30.9 Å². The van der Waals surface area contributed by atoms with Gasteiger partial charge in [0, 0.05) is 13.6 Å². The molecule has 0 aliphatic rings. The summed E-state index contributed by atoms with van der Waals surface area (Å²) in [5.41, 5.74) is 0.616. The first-order valence-corrected chi connectivity index (χ1v) is 8.25. The number of sulfonamides is 1. The minimum absolute atomic E-state index is 0.298. The van der Waals surface area contributed by atoms with Gasteiger partial charge in [0.2, 0.25) is 10.0 Å². The molecule has 1 aromatic carbocycles. The minimum atomic E-state index is -3.41. The lowest BCUT2D eigenvalue weighted by Gasteiger charge is -2.10. The Hall–Kier alpha value is -0.720. The van der Waals surface area contributed by atoms with Crippen molar-refractivity contribution in [2.45, 2.75) is 11.3 Å². The molecule has 17 heavy (non-hydrogen) atoms. The van der Waals surface area contributed by atoms with E-state index in [1.54, 1.807) is 43.1 Å². The highest BCUT2D eigenvalue weighted by molar-refractivity contribution is 7.98. The van der Waals surface area contributed by atoms with Gasteiger partial charge in [-0.05, 0) is 30.6 Å². The molecule has 0 fully saturated rings. The average molecular weight is 274 g/mol. The van der Waals surface area contributed by atoms with E-state index in [-0.39, 0.29) is 0 Å². The second-order valence-electron chi connectivity index (χ2n) is 3.49. The Labute approximate surface area is 107 Å². The van der Waals surface area contributed by atoms with Crippen LogP contribution in [0.3, 0.4) is 0 Å². The fraction of sp³-hybridized carbons (Fsp3) is 0.455. The van der Waals surface area contributed by atoms with Gasteiger partial charge in [-0.1, -0.05) is 12.1 Å². The molecule has 0 atom stereocenters. The van der Waals surface area contributed by atoms with Gasteiger partial charge in [-0.15, -0.1) is 0 Å². The fourth-order valence-corrected chi connectivity index (χ4v) is 3.13. The van der Waals surface area contributed by atoms with Crippen LogP contribution < -0.4 is 10.0 Å². The summed E-state index contributed by atoms with van der Waals surface area (Å²) in [4.78, 5) is 0.298. The normalized spacial score (nSPS) is 11.4. The number of nitrogens with one attached hydrogen (secondary N) is 2. The zero-order valence-corrected chi connectivity index (χ0v) is 11.7. The molecule has 0 radical (unpaired) electrons. The summed E-state index contributed by atoms with van der Waals surface area (Å²) in [7, 11) is -1.69. The lowest BCUT2D eigenvalue weighted by molar-refractivity contribution is 0.581. The molecule has 2 N–H and O–H groups in total. The Morgan fingerprint density at radius 1 is 1.29 bits per heavy atom. The molecule has 0 heterocycles. The predicted molar refractivity (Wildman–Crippen MR) is 74.2 cm³/mol. The van der Waals surface area contributed by atoms with Crippen LogP contribution in [-0.2, 0) is 10.0 Å². The Balaban J connectivity index is 2.75. The van der Waals surface area contributed by atoms with E-state index in [0.717, 1.165) is 12.2 Å². The quantitative estimate of drug-likeness (QED) is 0.744. The fourth-order valence-electron chi connectivity index (χ4n) is 1.41. The second kappa shape index (κ2) is 6.88. The van der Waals surface area contributed by atoms with E-state index in [2.05, 4.69) is 10.0 Å². The van der Waals surface area contributed by atoms with E-state index >= 15 is 0 Å². The molecular weight excluding hydrogens is 256 g/mol. The first-order valence-electron chi connectivity index (χ1n) is 5.37. The Bertz CT molecular complexity index is 447. The lowest BCUT2D eigenvalue weighted by Crippen LogP contribution is -2.25. The van der Waals surface area contributed by atoms with Gasteiger partial charge in [0.15, 0.2) is 0 Å². The maximum Gasteiger partial charge on any atom is 0.242 e. The Morgan fingerprint density at radius 2 is 2.00 bits per heavy atom. The SMILES string of the molecule is CNc1ccccc1S(=O)(=O)NCCCSC. The van der Waals surface area contributed by atoms with E-state index in [0.29, 0.717) is 17.1 Å². The average Bonchev–Trinajstić information content (AvgIpc) is 2.34. The van der Waals surface area contributed by atoms with Gasteiger partial charge in [0.1, 0.15) is 4.90 Å². The first kappa shape index (κ1) is 14.3. The summed E-state index contributed by atoms with van der Waals surface area (Å²) in [6.07, 6.45) is 2.84. The van der Waals surface area contributed by atoms with Crippen molar-refractivity contribution in [3.63, 3.8) is 0 Å². The van der Waals surface area contributed by atoms with Crippen molar-refractivity contribution < 1.29 is 8.42 Å². The smallest absolute Gasteiger partial charge is 0.242 e. The highest BCUT2D eigenvalue weighted by atomic mass is 32.2. The molecule has 0 aromatic heterocycles. The topological polar surface area (TPSA) is 58.2 Å². The molecule has 0 aliphatic carbocycles. The van der Waals surface area contributed by atoms with Crippen LogP contribution in [0.1, 0.15) is 6.42 Å². The van der Waals surface area contributed by atoms with Crippen LogP contribution in [0, 0.1) is 0 Å². The zero-order chi connectivity index (χ0) is 12.7. The first-order chi connectivity index (χ1) is 8.11. The predicted octanol–water partition coefficient (Wildman–Crippen LogP) is 1.76. The van der Waals surface area contributed by atoms with Crippen LogP contribution in [-0.4, -0.2) is 34.0 Å². The third kappa shape index (κ3) is 4.22. The number of para-hydroxylation sites is 1. The van der Waals surface area contributed by atoms with E-state index < -0.39 is 10.0 Å². The largest absolute Gasteiger partial charge is 0.387 e. The molecule has 1 aromatic rings. The van der Waals surface area contributed by atoms with Gasteiger partial charge in [-0.25, -0.2) is 13.1 Å². The van der Waals surface area contributed by atoms with E-state index in [1.165, 1.54) is 0 Å². The molecule has 6 heteroatoms. The molecule has 0 aliphatic heterocycles. The number of rotatable bonds is 7. The van der Waals surface area contributed by atoms with Gasteiger partial charge in [0.25, 0.3) is 0 Å². The summed E-state index contributed by atoms with van der Waals surface area (Å²) in [6.45, 7) is 0.473. The van der Waals surface area contributed by atoms with Crippen molar-refractivity contribution in [3.05, 3.63) is 24.3 Å². The van der Waals surface area contributed by atoms with E-state index in [1.807, 2.05) is 6.26 Å². The highest BCUT2D eigenvalue weighted by Gasteiger charge is 2.16. The maximum absolute atomic E-state index is 12.0. The molecule has 0 saturated carbocycles. The maximum atomic E-state index is 12.0. The van der Waals surface area contributed by atoms with Gasteiger partial charge in [-0.2, -0.15) is 11.8 Å². The van der Waals surface area contributed by atoms with E-state index in [9.17, 15) is 8.42 Å². The van der Waals surface area contributed by atoms with Crippen molar-refractivity contribution in [1.29, 1.82) is 0 Å².